The van der Waals surface area contributed by atoms with Crippen LogP contribution in [0, 0.1) is 0 Å². The van der Waals surface area contributed by atoms with Gasteiger partial charge in [0.25, 0.3) is 0 Å². The second-order valence-corrected chi connectivity index (χ2v) is 40.7. The van der Waals surface area contributed by atoms with E-state index in [1.54, 1.807) is 313 Å². The fourth-order valence-electron chi connectivity index (χ4n) is 29.6. The second kappa shape index (κ2) is 11.4. The minimum atomic E-state index is -0.444. The summed E-state index contributed by atoms with van der Waals surface area (Å²) in [4.78, 5) is 3.04. The number of hydrogen-bond donors (Lipinski definition) is 0. The Balaban J connectivity index is 0.853. The molecular weight excluding hydrogens is 1320 g/mol. The van der Waals surface area contributed by atoms with Crippen molar-refractivity contribution in [1.29, 1.82) is 0 Å². The molecule has 31 aromatic carbocycles. The van der Waals surface area contributed by atoms with Crippen LogP contribution in [0.5, 0.6) is 0 Å². The van der Waals surface area contributed by atoms with Crippen LogP contribution < -0.4 is 10.4 Å². The van der Waals surface area contributed by atoms with Gasteiger partial charge in [0.15, 0.2) is 0 Å². The van der Waals surface area contributed by atoms with Crippen molar-refractivity contribution in [3.8, 4) is 0 Å². The van der Waals surface area contributed by atoms with Crippen LogP contribution in [-0.2, 0) is 10.8 Å². The molecule has 1 nitrogen and oxygen atoms in total. The van der Waals surface area contributed by atoms with Gasteiger partial charge in [-0.2, -0.15) is 0 Å². The number of likely N-dealkylation sites (N-methyl/N-ethyl adjacent to an activating group) is 1. The molecule has 0 saturated carbocycles. The Morgan fingerprint density at radius 1 is 0.292 bits per heavy atom. The Hall–Kier alpha value is -7.38. The summed E-state index contributed by atoms with van der Waals surface area (Å²) in [6.45, 7) is 0.994. The first-order valence-electron chi connectivity index (χ1n) is 34.1. The predicted molar refractivity (Wildman–Crippen MR) is 435 cm³/mol. The maximum atomic E-state index is 3.04. The quantitative estimate of drug-likeness (QED) is 0.121. The Morgan fingerprint density at radius 2 is 0.521 bits per heavy atom. The van der Waals surface area contributed by atoms with Crippen LogP contribution in [0.3, 0.4) is 0 Å². The van der Waals surface area contributed by atoms with Gasteiger partial charge in [-0.25, -0.2) is 0 Å². The van der Waals surface area contributed by atoms with Gasteiger partial charge in [0.05, 0.1) is 36.3 Å². The lowest BCUT2D eigenvalue weighted by molar-refractivity contribution is 0.271. The molecule has 426 valence electrons. The van der Waals surface area contributed by atoms with Gasteiger partial charge in [0.2, 0.25) is 0 Å². The van der Waals surface area contributed by atoms with Crippen molar-refractivity contribution in [3.05, 3.63) is 97.7 Å². The molecule has 4 aliphatic carbocycles. The van der Waals surface area contributed by atoms with Gasteiger partial charge in [-0.15, -0.1) is 47.0 Å². The highest BCUT2D eigenvalue weighted by Crippen LogP contribution is 2.87. The molecule has 0 amide bonds. The number of nitrogens with zero attached hydrogens (tertiary/aromatic N) is 1. The molecule has 7 aliphatic rings. The van der Waals surface area contributed by atoms with E-state index in [2.05, 4.69) is 79.4 Å². The van der Waals surface area contributed by atoms with Crippen molar-refractivity contribution in [2.45, 2.75) is 16.9 Å². The number of fused-ring (bicyclic) bond motifs is 2. The lowest BCUT2D eigenvalue weighted by Crippen LogP contribution is -2.51. The molecule has 3 aliphatic heterocycles. The summed E-state index contributed by atoms with van der Waals surface area (Å²) < 4.78 is 8.60. The van der Waals surface area contributed by atoms with E-state index in [1.807, 2.05) is 94.1 Å². The molecule has 1 atom stereocenters. The Labute approximate surface area is 567 Å². The van der Waals surface area contributed by atoms with Crippen LogP contribution in [0.25, 0.3) is 321 Å². The van der Waals surface area contributed by atoms with E-state index < -0.39 is 5.41 Å². The van der Waals surface area contributed by atoms with Crippen LogP contribution >= 0.6 is 94.1 Å². The summed E-state index contributed by atoms with van der Waals surface area (Å²) in [5.41, 5.74) is 7.76. The fraction of sp³-hybridized carbons (Fsp3) is 0.103. The first-order valence-corrected chi connectivity index (χ1v) is 42.3. The van der Waals surface area contributed by atoms with E-state index in [-0.39, 0.29) is 11.5 Å². The lowest BCUT2D eigenvalue weighted by atomic mass is 9.47. The highest BCUT2D eigenvalue weighted by molar-refractivity contribution is 8.46. The molecule has 0 N–H and O–H groups in total. The monoisotopic (exact) mass is 1340 g/mol. The van der Waals surface area contributed by atoms with Gasteiger partial charge >= 0.3 is 0 Å². The van der Waals surface area contributed by atoms with Crippen LogP contribution in [0.1, 0.15) is 33.9 Å². The molecule has 0 radical (unpaired) electrons. The summed E-state index contributed by atoms with van der Waals surface area (Å²) >= 11 is 15.8. The number of thioether (sulfide) groups is 8. The summed E-state index contributed by atoms with van der Waals surface area (Å²) in [5.74, 6) is 0. The molecule has 2 spiro atoms. The van der Waals surface area contributed by atoms with Crippen molar-refractivity contribution in [2.24, 2.45) is 0 Å². The van der Waals surface area contributed by atoms with Gasteiger partial charge < -0.3 is 0 Å². The first kappa shape index (κ1) is 43.8. The van der Waals surface area contributed by atoms with E-state index in [1.165, 1.54) is 63.0 Å². The smallest absolute Gasteiger partial charge is 0.0657 e. The normalized spacial score (nSPS) is 22.6. The third-order valence-electron chi connectivity index (χ3n) is 30.5. The first-order chi connectivity index (χ1) is 47.5. The zero-order valence-corrected chi connectivity index (χ0v) is 57.1. The number of hydrogen-bond acceptors (Lipinski definition) is 9. The van der Waals surface area contributed by atoms with Crippen molar-refractivity contribution in [2.75, 3.05) is 38.6 Å². The lowest BCUT2D eigenvalue weighted by Gasteiger charge is -2.52. The largest absolute Gasteiger partial charge is 0.297 e. The van der Waals surface area contributed by atoms with E-state index in [9.17, 15) is 0 Å². The molecule has 1 saturated heterocycles. The van der Waals surface area contributed by atoms with E-state index in [0.717, 1.165) is 6.54 Å². The zero-order valence-electron chi connectivity index (χ0n) is 50.5. The fourth-order valence-corrected chi connectivity index (χ4v) is 39.9. The molecule has 96 heavy (non-hydrogen) atoms. The van der Waals surface area contributed by atoms with Crippen LogP contribution in [-0.4, -0.2) is 43.5 Å². The summed E-state index contributed by atoms with van der Waals surface area (Å²) in [6, 6.07) is 17.9. The minimum Gasteiger partial charge on any atom is -0.297 e. The van der Waals surface area contributed by atoms with Gasteiger partial charge in [-0.3, -0.25) is 4.90 Å². The average molecular weight is 1340 g/mol. The molecule has 31 aromatic rings. The van der Waals surface area contributed by atoms with Crippen molar-refractivity contribution in [3.63, 3.8) is 0 Å². The number of rotatable bonds is 5. The van der Waals surface area contributed by atoms with Crippen molar-refractivity contribution in [1.82, 2.24) is 4.90 Å². The molecular formula is C87H25NS8. The SMILES string of the molecule is CSC1=C(SC)SC(=c2c3ccccc3c(=C3SC(SC)=C(SC)S3)c3cc(C4N(C)CC56c7c8c9c%10c%11c%12c(c%13c%14c5c5c7c7c%15c8c8c9c9c%11c%11c%16c%12c%12c%13c%13c%14c%14c5c5c7c7c%15c%15c8c8c9c%11c9c%11c%16c%12c%12c%13c%13c%14c5c5c7c7c%15c8c9c8c%11c%12c%13c5c78)C%1046)ccc23)S1. The van der Waals surface area contributed by atoms with E-state index >= 15 is 0 Å². The molecule has 3 heterocycles. The molecule has 9 heteroatoms. The van der Waals surface area contributed by atoms with Crippen molar-refractivity contribution < 1.29 is 0 Å². The van der Waals surface area contributed by atoms with Crippen molar-refractivity contribution >= 4 is 415 Å². The standard InChI is InChI=1S/C87H25NS8/c1-88-13-86-75-67-59-49-39-31-23-21-22-25-29-27(23)35-43-37(29)47-41-33(25)34-26(22)30-28-24(21)32(31)40-46-36(28)44-38(30)48-42(34)52-51(41)63-57(47)65-55(43)61(53(59)45(35)39)69(75)71(65)77-73(63)74-64(52)58(48)66-56(44)62-54(46)60(50(40)49)68(67)76(86)70(62)72(66)78(74)87(77,86)79(88)14-10-11-17-18(12-14)20(81-95-84(91-4)85(92-5)96-81)16-9-7-6-8-15(16)19(17)80-93-82(89-2)83(90-3)94-80/h6-12,79H,13H2,1-5H3. The highest BCUT2D eigenvalue weighted by Gasteiger charge is 2.76. The van der Waals surface area contributed by atoms with Gasteiger partial charge in [-0.05, 0) is 378 Å². The third kappa shape index (κ3) is 2.94. The highest BCUT2D eigenvalue weighted by atomic mass is 32.3. The predicted octanol–water partition coefficient (Wildman–Crippen LogP) is 25.1. The zero-order chi connectivity index (χ0) is 59.5. The number of likely N-dealkylation sites (tertiary alicyclic amines) is 1. The maximum absolute atomic E-state index is 3.04. The Bertz CT molecular complexity index is 9060. The van der Waals surface area contributed by atoms with Crippen LogP contribution in [0.2, 0.25) is 0 Å². The van der Waals surface area contributed by atoms with Crippen LogP contribution in [0.4, 0.5) is 0 Å². The summed E-state index contributed by atoms with van der Waals surface area (Å²) in [7, 11) is 2.64. The summed E-state index contributed by atoms with van der Waals surface area (Å²) in [5, 5.41) is 98.4. The van der Waals surface area contributed by atoms with Gasteiger partial charge in [0, 0.05) is 23.0 Å². The van der Waals surface area contributed by atoms with Gasteiger partial charge in [0.1, 0.15) is 0 Å². The van der Waals surface area contributed by atoms with Crippen LogP contribution in [0.15, 0.2) is 59.4 Å². The molecule has 1 unspecified atom stereocenters. The average Bonchev–Trinajstić information content (AvgIpc) is 1.38. The molecule has 0 aromatic heterocycles. The topological polar surface area (TPSA) is 3.24 Å². The molecule has 1 fully saturated rings. The Morgan fingerprint density at radius 3 is 0.781 bits per heavy atom. The second-order valence-electron chi connectivity index (χ2n) is 31.8. The van der Waals surface area contributed by atoms with E-state index in [4.69, 9.17) is 0 Å². The molecule has 0 bridgehead atoms. The summed E-state index contributed by atoms with van der Waals surface area (Å²) in [6.07, 6.45) is 9.15. The molecule has 38 rings (SSSR count). The van der Waals surface area contributed by atoms with Gasteiger partial charge in [-0.1, -0.05) is 83.4 Å². The number of benzene rings is 21. The third-order valence-corrected chi connectivity index (χ3v) is 40.9. The van der Waals surface area contributed by atoms with E-state index in [0.29, 0.717) is 0 Å². The Kier molecular flexibility index (Phi) is 5.22. The minimum absolute atomic E-state index is 0.0340. The maximum Gasteiger partial charge on any atom is 0.0657 e.